The van der Waals surface area contributed by atoms with Crippen LogP contribution in [0.3, 0.4) is 0 Å². The topological polar surface area (TPSA) is 88.0 Å². The van der Waals surface area contributed by atoms with Crippen LogP contribution in [0, 0.1) is 11.6 Å². The maximum Gasteiger partial charge on any atom is 0.272 e. The highest BCUT2D eigenvalue weighted by molar-refractivity contribution is 6.04. The SMILES string of the molecule is Nc1ccc(F)c(F)c1NC(=O)c1cccc(=O)[nH]1. The third kappa shape index (κ3) is 2.59. The monoisotopic (exact) mass is 265 g/mol. The van der Waals surface area contributed by atoms with Crippen molar-refractivity contribution in [3.8, 4) is 0 Å². The predicted octanol–water partition coefficient (Wildman–Crippen LogP) is 1.49. The van der Waals surface area contributed by atoms with E-state index in [0.29, 0.717) is 0 Å². The average Bonchev–Trinajstić information content (AvgIpc) is 2.39. The Morgan fingerprint density at radius 1 is 1.21 bits per heavy atom. The van der Waals surface area contributed by atoms with Gasteiger partial charge in [0.2, 0.25) is 5.56 Å². The van der Waals surface area contributed by atoms with Gasteiger partial charge in [-0.15, -0.1) is 0 Å². The second kappa shape index (κ2) is 4.89. The molecule has 0 radical (unpaired) electrons. The highest BCUT2D eigenvalue weighted by atomic mass is 19.2. The van der Waals surface area contributed by atoms with Gasteiger partial charge in [0.25, 0.3) is 5.91 Å². The van der Waals surface area contributed by atoms with Gasteiger partial charge in [0.05, 0.1) is 5.69 Å². The lowest BCUT2D eigenvalue weighted by atomic mass is 10.2. The molecule has 0 aliphatic heterocycles. The molecule has 0 spiro atoms. The van der Waals surface area contributed by atoms with Crippen molar-refractivity contribution in [2.24, 2.45) is 0 Å². The number of halogens is 2. The number of carbonyl (C=O) groups is 1. The van der Waals surface area contributed by atoms with Crippen LogP contribution in [0.1, 0.15) is 10.5 Å². The zero-order valence-corrected chi connectivity index (χ0v) is 9.54. The minimum atomic E-state index is -1.26. The Morgan fingerprint density at radius 3 is 2.63 bits per heavy atom. The molecule has 4 N–H and O–H groups in total. The van der Waals surface area contributed by atoms with E-state index in [1.165, 1.54) is 18.2 Å². The Kier molecular flexibility index (Phi) is 3.28. The van der Waals surface area contributed by atoms with Crippen LogP contribution in [0.4, 0.5) is 20.2 Å². The molecule has 2 rings (SSSR count). The number of rotatable bonds is 2. The summed E-state index contributed by atoms with van der Waals surface area (Å²) in [6.07, 6.45) is 0. The molecular formula is C12H9F2N3O2. The van der Waals surface area contributed by atoms with Crippen molar-refractivity contribution in [2.45, 2.75) is 0 Å². The lowest BCUT2D eigenvalue weighted by Crippen LogP contribution is -2.19. The number of hydrogen-bond acceptors (Lipinski definition) is 3. The first kappa shape index (κ1) is 12.7. The van der Waals surface area contributed by atoms with Crippen LogP contribution in [0.15, 0.2) is 35.1 Å². The number of carbonyl (C=O) groups excluding carboxylic acids is 1. The van der Waals surface area contributed by atoms with Crippen LogP contribution >= 0.6 is 0 Å². The number of pyridine rings is 1. The van der Waals surface area contributed by atoms with Gasteiger partial charge in [-0.1, -0.05) is 6.07 Å². The van der Waals surface area contributed by atoms with Crippen molar-refractivity contribution in [1.29, 1.82) is 0 Å². The summed E-state index contributed by atoms with van der Waals surface area (Å²) < 4.78 is 26.5. The van der Waals surface area contributed by atoms with E-state index in [2.05, 4.69) is 10.3 Å². The molecule has 0 aliphatic rings. The molecule has 0 aliphatic carbocycles. The first-order valence-electron chi connectivity index (χ1n) is 5.23. The molecule has 2 aromatic rings. The summed E-state index contributed by atoms with van der Waals surface area (Å²) in [6, 6.07) is 5.88. The van der Waals surface area contributed by atoms with Gasteiger partial charge < -0.3 is 16.0 Å². The largest absolute Gasteiger partial charge is 0.397 e. The van der Waals surface area contributed by atoms with Gasteiger partial charge in [0, 0.05) is 6.07 Å². The number of nitrogen functional groups attached to an aromatic ring is 1. The van der Waals surface area contributed by atoms with Crippen LogP contribution < -0.4 is 16.6 Å². The number of anilines is 2. The summed E-state index contributed by atoms with van der Waals surface area (Å²) in [5.74, 6) is -3.19. The number of aromatic amines is 1. The van der Waals surface area contributed by atoms with Crippen LogP contribution in [-0.4, -0.2) is 10.9 Å². The minimum absolute atomic E-state index is 0.0874. The first-order chi connectivity index (χ1) is 8.99. The van der Waals surface area contributed by atoms with Gasteiger partial charge >= 0.3 is 0 Å². The van der Waals surface area contributed by atoms with Crippen molar-refractivity contribution < 1.29 is 13.6 Å². The van der Waals surface area contributed by atoms with Crippen molar-refractivity contribution >= 4 is 17.3 Å². The van der Waals surface area contributed by atoms with Gasteiger partial charge in [-0.25, -0.2) is 8.78 Å². The van der Waals surface area contributed by atoms with Crippen molar-refractivity contribution in [1.82, 2.24) is 4.98 Å². The Morgan fingerprint density at radius 2 is 1.95 bits per heavy atom. The molecule has 19 heavy (non-hydrogen) atoms. The summed E-state index contributed by atoms with van der Waals surface area (Å²) >= 11 is 0. The third-order valence-corrected chi connectivity index (χ3v) is 2.38. The number of nitrogens with one attached hydrogen (secondary N) is 2. The maximum atomic E-state index is 13.5. The number of H-pyrrole nitrogens is 1. The summed E-state index contributed by atoms with van der Waals surface area (Å²) in [5.41, 5.74) is 4.30. The fraction of sp³-hybridized carbons (Fsp3) is 0. The fourth-order valence-electron chi connectivity index (χ4n) is 1.45. The van der Waals surface area contributed by atoms with Gasteiger partial charge in [0.15, 0.2) is 11.6 Å². The van der Waals surface area contributed by atoms with E-state index in [4.69, 9.17) is 5.73 Å². The van der Waals surface area contributed by atoms with Crippen LogP contribution in [0.5, 0.6) is 0 Å². The zero-order chi connectivity index (χ0) is 14.0. The van der Waals surface area contributed by atoms with E-state index in [-0.39, 0.29) is 11.4 Å². The molecule has 98 valence electrons. The standard InChI is InChI=1S/C12H9F2N3O2/c13-6-4-5-7(15)11(10(6)14)17-12(19)8-2-1-3-9(18)16-8/h1-5H,15H2,(H,16,18)(H,17,19). The summed E-state index contributed by atoms with van der Waals surface area (Å²) in [7, 11) is 0. The van der Waals surface area contributed by atoms with E-state index in [1.54, 1.807) is 0 Å². The van der Waals surface area contributed by atoms with E-state index in [1.807, 2.05) is 0 Å². The third-order valence-electron chi connectivity index (χ3n) is 2.38. The van der Waals surface area contributed by atoms with Crippen molar-refractivity contribution in [2.75, 3.05) is 11.1 Å². The van der Waals surface area contributed by atoms with Crippen molar-refractivity contribution in [3.63, 3.8) is 0 Å². The van der Waals surface area contributed by atoms with Crippen LogP contribution in [0.2, 0.25) is 0 Å². The Bertz CT molecular complexity index is 698. The van der Waals surface area contributed by atoms with Crippen LogP contribution in [-0.2, 0) is 0 Å². The molecule has 1 amide bonds. The van der Waals surface area contributed by atoms with Gasteiger partial charge in [0.1, 0.15) is 11.4 Å². The number of amides is 1. The maximum absolute atomic E-state index is 13.5. The molecule has 5 nitrogen and oxygen atoms in total. The van der Waals surface area contributed by atoms with Crippen molar-refractivity contribution in [3.05, 3.63) is 58.0 Å². The zero-order valence-electron chi connectivity index (χ0n) is 9.54. The highest BCUT2D eigenvalue weighted by Gasteiger charge is 2.15. The second-order valence-electron chi connectivity index (χ2n) is 3.71. The molecular weight excluding hydrogens is 256 g/mol. The molecule has 1 heterocycles. The summed E-state index contributed by atoms with van der Waals surface area (Å²) in [4.78, 5) is 25.1. The van der Waals surface area contributed by atoms with E-state index < -0.39 is 28.8 Å². The molecule has 0 fully saturated rings. The molecule has 7 heteroatoms. The number of nitrogens with two attached hydrogens (primary N) is 1. The number of hydrogen-bond donors (Lipinski definition) is 3. The van der Waals surface area contributed by atoms with Gasteiger partial charge in [-0.2, -0.15) is 0 Å². The van der Waals surface area contributed by atoms with E-state index in [0.717, 1.165) is 12.1 Å². The molecule has 1 aromatic carbocycles. The van der Waals surface area contributed by atoms with Crippen LogP contribution in [0.25, 0.3) is 0 Å². The first-order valence-corrected chi connectivity index (χ1v) is 5.23. The number of benzene rings is 1. The highest BCUT2D eigenvalue weighted by Crippen LogP contribution is 2.24. The molecule has 0 unspecified atom stereocenters. The van der Waals surface area contributed by atoms with Gasteiger partial charge in [-0.3, -0.25) is 9.59 Å². The average molecular weight is 265 g/mol. The van der Waals surface area contributed by atoms with E-state index >= 15 is 0 Å². The lowest BCUT2D eigenvalue weighted by Gasteiger charge is -2.09. The Labute approximate surface area is 106 Å². The quantitative estimate of drug-likeness (QED) is 0.719. The molecule has 0 saturated carbocycles. The number of aromatic nitrogens is 1. The molecule has 1 aromatic heterocycles. The fourth-order valence-corrected chi connectivity index (χ4v) is 1.45. The second-order valence-corrected chi connectivity index (χ2v) is 3.71. The van der Waals surface area contributed by atoms with E-state index in [9.17, 15) is 18.4 Å². The normalized spacial score (nSPS) is 10.2. The summed E-state index contributed by atoms with van der Waals surface area (Å²) in [5, 5.41) is 2.11. The molecule has 0 bridgehead atoms. The smallest absolute Gasteiger partial charge is 0.272 e. The Hall–Kier alpha value is -2.70. The lowest BCUT2D eigenvalue weighted by molar-refractivity contribution is 0.102. The Balaban J connectivity index is 2.34. The predicted molar refractivity (Wildman–Crippen MR) is 65.8 cm³/mol. The molecule has 0 saturated heterocycles. The summed E-state index contributed by atoms with van der Waals surface area (Å²) in [6.45, 7) is 0. The minimum Gasteiger partial charge on any atom is -0.397 e. The molecule has 0 atom stereocenters. The van der Waals surface area contributed by atoms with Gasteiger partial charge in [-0.05, 0) is 18.2 Å².